The van der Waals surface area contributed by atoms with Gasteiger partial charge in [0.15, 0.2) is 0 Å². The predicted molar refractivity (Wildman–Crippen MR) is 72.5 cm³/mol. The van der Waals surface area contributed by atoms with Gasteiger partial charge in [0, 0.05) is 0 Å². The van der Waals surface area contributed by atoms with E-state index in [2.05, 4.69) is 11.5 Å². The maximum Gasteiger partial charge on any atom is 0.335 e. The summed E-state index contributed by atoms with van der Waals surface area (Å²) >= 11 is 0. The Bertz CT molecular complexity index is 353. The van der Waals surface area contributed by atoms with Gasteiger partial charge in [-0.2, -0.15) is 0 Å². The summed E-state index contributed by atoms with van der Waals surface area (Å²) in [6, 6.07) is 0. The molecule has 102 valence electrons. The van der Waals surface area contributed by atoms with Gasteiger partial charge < -0.3 is 9.47 Å². The Hall–Kier alpha value is -1.28. The van der Waals surface area contributed by atoms with E-state index in [9.17, 15) is 9.59 Å². The van der Waals surface area contributed by atoms with Crippen molar-refractivity contribution in [2.75, 3.05) is 13.2 Å². The topological polar surface area (TPSA) is 52.6 Å². The first-order valence-electron chi connectivity index (χ1n) is 6.06. The third kappa shape index (κ3) is 4.92. The first-order chi connectivity index (χ1) is 8.17. The molecule has 4 nitrogen and oxygen atoms in total. The van der Waals surface area contributed by atoms with Crippen molar-refractivity contribution in [1.82, 2.24) is 0 Å². The van der Waals surface area contributed by atoms with E-state index in [0.29, 0.717) is 0 Å². The maximum atomic E-state index is 11.9. The van der Waals surface area contributed by atoms with Gasteiger partial charge in [-0.05, 0) is 20.8 Å². The fraction of sp³-hybridized carbons (Fsp3) is 0.692. The lowest BCUT2D eigenvalue weighted by Crippen LogP contribution is -2.39. The van der Waals surface area contributed by atoms with E-state index in [0.717, 1.165) is 0 Å². The molecule has 0 heterocycles. The Labute approximate surface area is 110 Å². The van der Waals surface area contributed by atoms with Crippen molar-refractivity contribution < 1.29 is 19.1 Å². The molecule has 0 aromatic rings. The molecule has 0 aliphatic carbocycles. The van der Waals surface area contributed by atoms with Crippen LogP contribution in [0.4, 0.5) is 0 Å². The molecule has 0 aliphatic rings. The Morgan fingerprint density at radius 2 is 1.44 bits per heavy atom. The number of rotatable bonds is 4. The minimum absolute atomic E-state index is 0.211. The second kappa shape index (κ2) is 6.60. The lowest BCUT2D eigenvalue weighted by molar-refractivity contribution is -0.165. The van der Waals surface area contributed by atoms with Gasteiger partial charge in [-0.25, -0.2) is 9.59 Å². The molecule has 0 bridgehead atoms. The van der Waals surface area contributed by atoms with Crippen LogP contribution in [0, 0.1) is 16.9 Å². The molecule has 0 amide bonds. The van der Waals surface area contributed by atoms with Crippen molar-refractivity contribution in [2.24, 2.45) is 5.41 Å². The number of ether oxygens (including phenoxy) is 2. The van der Waals surface area contributed by atoms with Gasteiger partial charge in [-0.15, -0.1) is 5.54 Å². The molecule has 0 saturated carbocycles. The number of hydrogen-bond acceptors (Lipinski definition) is 4. The number of carbonyl (C=O) groups is 2. The van der Waals surface area contributed by atoms with Crippen LogP contribution in [0.2, 0.25) is 19.6 Å². The quantitative estimate of drug-likeness (QED) is 0.339. The van der Waals surface area contributed by atoms with Crippen LogP contribution >= 0.6 is 0 Å². The Morgan fingerprint density at radius 3 is 1.72 bits per heavy atom. The minimum atomic E-state index is -1.68. The first kappa shape index (κ1) is 16.7. The highest BCUT2D eigenvalue weighted by molar-refractivity contribution is 6.83. The Kier molecular flexibility index (Phi) is 6.13. The van der Waals surface area contributed by atoms with Gasteiger partial charge in [0.2, 0.25) is 5.41 Å². The van der Waals surface area contributed by atoms with E-state index in [1.165, 1.54) is 6.92 Å². The largest absolute Gasteiger partial charge is 0.464 e. The van der Waals surface area contributed by atoms with Crippen molar-refractivity contribution in [3.63, 3.8) is 0 Å². The average Bonchev–Trinajstić information content (AvgIpc) is 2.25. The fourth-order valence-corrected chi connectivity index (χ4v) is 1.67. The van der Waals surface area contributed by atoms with Crippen LogP contribution in [0.1, 0.15) is 20.8 Å². The van der Waals surface area contributed by atoms with Crippen molar-refractivity contribution >= 4 is 20.0 Å². The van der Waals surface area contributed by atoms with E-state index < -0.39 is 25.4 Å². The highest BCUT2D eigenvalue weighted by Gasteiger charge is 2.43. The monoisotopic (exact) mass is 270 g/mol. The third-order valence-electron chi connectivity index (χ3n) is 2.05. The van der Waals surface area contributed by atoms with Crippen LogP contribution in [-0.2, 0) is 19.1 Å². The predicted octanol–water partition coefficient (Wildman–Crippen LogP) is 2.00. The molecule has 0 fully saturated rings. The van der Waals surface area contributed by atoms with Gasteiger partial charge in [-0.3, -0.25) is 0 Å². The summed E-state index contributed by atoms with van der Waals surface area (Å²) in [6.45, 7) is 11.4. The molecule has 0 aromatic heterocycles. The molecular weight excluding hydrogens is 248 g/mol. The highest BCUT2D eigenvalue weighted by Crippen LogP contribution is 2.20. The van der Waals surface area contributed by atoms with E-state index in [-0.39, 0.29) is 13.2 Å². The van der Waals surface area contributed by atoms with Crippen LogP contribution in [-0.4, -0.2) is 33.2 Å². The first-order valence-corrected chi connectivity index (χ1v) is 9.56. The summed E-state index contributed by atoms with van der Waals surface area (Å²) in [7, 11) is -1.68. The van der Waals surface area contributed by atoms with Gasteiger partial charge in [0.25, 0.3) is 0 Å². The molecular formula is C13H22O4Si. The van der Waals surface area contributed by atoms with Crippen LogP contribution < -0.4 is 0 Å². The number of hydrogen-bond donors (Lipinski definition) is 0. The highest BCUT2D eigenvalue weighted by atomic mass is 28.3. The lowest BCUT2D eigenvalue weighted by Gasteiger charge is -2.20. The van der Waals surface area contributed by atoms with Gasteiger partial charge in [0.1, 0.15) is 8.07 Å². The molecule has 18 heavy (non-hydrogen) atoms. The smallest absolute Gasteiger partial charge is 0.335 e. The molecule has 0 saturated heterocycles. The second-order valence-corrected chi connectivity index (χ2v) is 9.82. The molecule has 0 atom stereocenters. The molecule has 0 unspecified atom stereocenters. The molecule has 5 heteroatoms. The zero-order valence-electron chi connectivity index (χ0n) is 12.0. The average molecular weight is 270 g/mol. The van der Waals surface area contributed by atoms with Gasteiger partial charge in [-0.1, -0.05) is 25.6 Å². The molecule has 0 aromatic carbocycles. The lowest BCUT2D eigenvalue weighted by atomic mass is 9.92. The minimum Gasteiger partial charge on any atom is -0.464 e. The van der Waals surface area contributed by atoms with Gasteiger partial charge >= 0.3 is 11.9 Å². The summed E-state index contributed by atoms with van der Waals surface area (Å²) in [5, 5.41) is 0. The molecule has 0 aliphatic heterocycles. The number of carbonyl (C=O) groups excluding carboxylic acids is 2. The Balaban J connectivity index is 5.33. The van der Waals surface area contributed by atoms with Crippen LogP contribution in [0.3, 0.4) is 0 Å². The summed E-state index contributed by atoms with van der Waals surface area (Å²) < 4.78 is 9.83. The van der Waals surface area contributed by atoms with E-state index in [4.69, 9.17) is 9.47 Å². The number of esters is 2. The normalized spacial score (nSPS) is 11.2. The zero-order valence-corrected chi connectivity index (χ0v) is 13.0. The van der Waals surface area contributed by atoms with Crippen LogP contribution in [0.25, 0.3) is 0 Å². The van der Waals surface area contributed by atoms with Gasteiger partial charge in [0.05, 0.1) is 13.2 Å². The standard InChI is InChI=1S/C13H22O4Si/c1-7-16-11(14)13(3,12(15)17-8-2)9-10-18(4,5)6/h7-8H2,1-6H3. The zero-order chi connectivity index (χ0) is 14.4. The SMILES string of the molecule is CCOC(=O)C(C)(C#C[Si](C)(C)C)C(=O)OCC. The maximum absolute atomic E-state index is 11.9. The van der Waals surface area contributed by atoms with Crippen molar-refractivity contribution in [3.8, 4) is 11.5 Å². The van der Waals surface area contributed by atoms with E-state index in [1.807, 2.05) is 19.6 Å². The van der Waals surface area contributed by atoms with Crippen molar-refractivity contribution in [3.05, 3.63) is 0 Å². The summed E-state index contributed by atoms with van der Waals surface area (Å²) in [5.74, 6) is 1.48. The summed E-state index contributed by atoms with van der Waals surface area (Å²) in [4.78, 5) is 23.8. The van der Waals surface area contributed by atoms with Crippen LogP contribution in [0.5, 0.6) is 0 Å². The Morgan fingerprint density at radius 1 is 1.06 bits per heavy atom. The summed E-state index contributed by atoms with van der Waals surface area (Å²) in [6.07, 6.45) is 0. The van der Waals surface area contributed by atoms with Crippen molar-refractivity contribution in [2.45, 2.75) is 40.4 Å². The van der Waals surface area contributed by atoms with E-state index in [1.54, 1.807) is 13.8 Å². The molecule has 0 N–H and O–H groups in total. The summed E-state index contributed by atoms with van der Waals surface area (Å²) in [5.41, 5.74) is 1.51. The molecule has 0 spiro atoms. The third-order valence-corrected chi connectivity index (χ3v) is 2.93. The van der Waals surface area contributed by atoms with Crippen LogP contribution in [0.15, 0.2) is 0 Å². The molecule has 0 rings (SSSR count). The second-order valence-electron chi connectivity index (χ2n) is 5.07. The fourth-order valence-electron chi connectivity index (χ4n) is 1.05. The van der Waals surface area contributed by atoms with E-state index >= 15 is 0 Å². The van der Waals surface area contributed by atoms with Crippen molar-refractivity contribution in [1.29, 1.82) is 0 Å². The molecule has 0 radical (unpaired) electrons.